The molecule has 4 aromatic rings. The zero-order valence-corrected chi connectivity index (χ0v) is 22.7. The summed E-state index contributed by atoms with van der Waals surface area (Å²) in [7, 11) is -2.83. The summed E-state index contributed by atoms with van der Waals surface area (Å²) in [5.41, 5.74) is 0.932. The number of nitrogens with one attached hydrogen (secondary N) is 1. The number of rotatable bonds is 8. The number of sulfonamides is 1. The molecule has 0 fully saturated rings. The van der Waals surface area contributed by atoms with Gasteiger partial charge in [-0.1, -0.05) is 18.2 Å². The van der Waals surface area contributed by atoms with Crippen molar-refractivity contribution in [1.82, 2.24) is 4.31 Å². The third-order valence-corrected chi connectivity index (χ3v) is 9.06. The highest BCUT2D eigenvalue weighted by Crippen LogP contribution is 2.41. The van der Waals surface area contributed by atoms with E-state index >= 15 is 0 Å². The quantitative estimate of drug-likeness (QED) is 0.279. The van der Waals surface area contributed by atoms with Crippen molar-refractivity contribution in [2.24, 2.45) is 0 Å². The number of hydrogen-bond donors (Lipinski definition) is 2. The zero-order valence-electron chi connectivity index (χ0n) is 21.1. The number of anilines is 1. The maximum absolute atomic E-state index is 13.6. The number of hydrogen-bond acceptors (Lipinski definition) is 8. The number of para-hydroxylation sites is 1. The van der Waals surface area contributed by atoms with Gasteiger partial charge in [0.2, 0.25) is 10.0 Å². The third-order valence-electron chi connectivity index (χ3n) is 6.20. The Kier molecular flexibility index (Phi) is 7.74. The van der Waals surface area contributed by atoms with Crippen molar-refractivity contribution < 1.29 is 37.3 Å². The molecular weight excluding hydrogens is 556 g/mol. The summed E-state index contributed by atoms with van der Waals surface area (Å²) in [6, 6.07) is 21.3. The van der Waals surface area contributed by atoms with Gasteiger partial charge < -0.3 is 19.3 Å². The van der Waals surface area contributed by atoms with Gasteiger partial charge in [-0.2, -0.15) is 4.31 Å². The van der Waals surface area contributed by atoms with Crippen LogP contribution in [0.3, 0.4) is 0 Å². The normalized spacial score (nSPS) is 16.9. The van der Waals surface area contributed by atoms with Crippen molar-refractivity contribution >= 4 is 39.1 Å². The molecule has 0 spiro atoms. The number of amides is 1. The van der Waals surface area contributed by atoms with Crippen molar-refractivity contribution in [3.63, 3.8) is 0 Å². The molecule has 0 bridgehead atoms. The first-order chi connectivity index (χ1) is 19.3. The molecule has 1 amide bonds. The summed E-state index contributed by atoms with van der Waals surface area (Å²) in [6.07, 6.45) is -2.31. The highest BCUT2D eigenvalue weighted by Gasteiger charge is 2.48. The lowest BCUT2D eigenvalue weighted by molar-refractivity contribution is -0.146. The van der Waals surface area contributed by atoms with E-state index in [1.165, 1.54) is 42.7 Å². The SMILES string of the molecule is COc1ccc(S(=O)(=O)N2Cc3ccsc3C(OC(=O)Nc3ccc(Oc4ccccc4)cc3)C2C(=O)O)cc1. The lowest BCUT2D eigenvalue weighted by Gasteiger charge is -2.37. The Morgan fingerprint density at radius 1 is 0.925 bits per heavy atom. The summed E-state index contributed by atoms with van der Waals surface area (Å²) in [4.78, 5) is 25.7. The molecule has 2 N–H and O–H groups in total. The van der Waals surface area contributed by atoms with E-state index < -0.39 is 34.2 Å². The van der Waals surface area contributed by atoms with Crippen molar-refractivity contribution in [2.75, 3.05) is 12.4 Å². The minimum absolute atomic E-state index is 0.112. The number of carbonyl (C=O) groups is 2. The second-order valence-corrected chi connectivity index (χ2v) is 11.5. The van der Waals surface area contributed by atoms with Gasteiger partial charge in [0, 0.05) is 12.2 Å². The van der Waals surface area contributed by atoms with Crippen LogP contribution in [0.2, 0.25) is 0 Å². The smallest absolute Gasteiger partial charge is 0.412 e. The first kappa shape index (κ1) is 27.2. The van der Waals surface area contributed by atoms with Gasteiger partial charge in [0.1, 0.15) is 17.2 Å². The predicted octanol–water partition coefficient (Wildman–Crippen LogP) is 5.50. The molecule has 0 aliphatic carbocycles. The second-order valence-electron chi connectivity index (χ2n) is 8.71. The Hall–Kier alpha value is -4.39. The van der Waals surface area contributed by atoms with Crippen LogP contribution in [0.25, 0.3) is 0 Å². The van der Waals surface area contributed by atoms with E-state index in [-0.39, 0.29) is 11.4 Å². The Labute approximate surface area is 234 Å². The molecule has 12 heteroatoms. The summed E-state index contributed by atoms with van der Waals surface area (Å²) < 4.78 is 44.4. The van der Waals surface area contributed by atoms with Gasteiger partial charge in [0.15, 0.2) is 12.1 Å². The van der Waals surface area contributed by atoms with E-state index in [9.17, 15) is 23.1 Å². The van der Waals surface area contributed by atoms with E-state index in [2.05, 4.69) is 5.32 Å². The number of benzene rings is 3. The zero-order chi connectivity index (χ0) is 28.3. The molecule has 3 aromatic carbocycles. The molecule has 2 heterocycles. The van der Waals surface area contributed by atoms with Crippen molar-refractivity contribution in [3.05, 3.63) is 101 Å². The number of aliphatic carboxylic acids is 1. The molecule has 2 unspecified atom stereocenters. The maximum Gasteiger partial charge on any atom is 0.412 e. The minimum Gasteiger partial charge on any atom is -0.497 e. The Bertz CT molecular complexity index is 1600. The number of carboxylic acid groups (broad SMARTS) is 1. The van der Waals surface area contributed by atoms with Crippen molar-refractivity contribution in [1.29, 1.82) is 0 Å². The average molecular weight is 581 g/mol. The Morgan fingerprint density at radius 3 is 2.23 bits per heavy atom. The summed E-state index contributed by atoms with van der Waals surface area (Å²) >= 11 is 1.20. The minimum atomic E-state index is -4.28. The lowest BCUT2D eigenvalue weighted by Crippen LogP contribution is -2.51. The van der Waals surface area contributed by atoms with Crippen LogP contribution in [0.1, 0.15) is 16.5 Å². The van der Waals surface area contributed by atoms with E-state index in [1.807, 2.05) is 30.3 Å². The molecule has 1 aromatic heterocycles. The monoisotopic (exact) mass is 580 g/mol. The molecule has 1 aliphatic rings. The van der Waals surface area contributed by atoms with Gasteiger partial charge in [0.25, 0.3) is 0 Å². The van der Waals surface area contributed by atoms with Crippen molar-refractivity contribution in [3.8, 4) is 17.2 Å². The fraction of sp³-hybridized carbons (Fsp3) is 0.143. The standard InChI is InChI=1S/C28H24N2O8S2/c1-36-20-11-13-23(14-12-20)40(34,35)30-17-18-15-16-39-26(18)25(24(30)27(31)32)38-28(33)29-19-7-9-22(10-8-19)37-21-5-3-2-4-6-21/h2-16,24-25H,17H2,1H3,(H,29,33)(H,31,32). The van der Waals surface area contributed by atoms with E-state index in [0.29, 0.717) is 33.4 Å². The van der Waals surface area contributed by atoms with Gasteiger partial charge in [-0.25, -0.2) is 13.2 Å². The summed E-state index contributed by atoms with van der Waals surface area (Å²) in [6.45, 7) is -0.186. The first-order valence-electron chi connectivity index (χ1n) is 12.0. The molecule has 1 aliphatic heterocycles. The van der Waals surface area contributed by atoms with Gasteiger partial charge in [-0.3, -0.25) is 10.1 Å². The van der Waals surface area contributed by atoms with Crippen LogP contribution >= 0.6 is 11.3 Å². The lowest BCUT2D eigenvalue weighted by atomic mass is 10.0. The molecule has 5 rings (SSSR count). The third kappa shape index (κ3) is 5.64. The largest absolute Gasteiger partial charge is 0.497 e. The Balaban J connectivity index is 1.36. The molecule has 0 saturated carbocycles. The van der Waals surface area contributed by atoms with Gasteiger partial charge in [0.05, 0.1) is 16.9 Å². The van der Waals surface area contributed by atoms with Gasteiger partial charge in [-0.15, -0.1) is 11.3 Å². The molecule has 0 radical (unpaired) electrons. The van der Waals surface area contributed by atoms with E-state index in [4.69, 9.17) is 14.2 Å². The number of methoxy groups -OCH3 is 1. The molecule has 206 valence electrons. The fourth-order valence-corrected chi connectivity index (χ4v) is 6.80. The van der Waals surface area contributed by atoms with Gasteiger partial charge in [-0.05, 0) is 77.7 Å². The molecule has 2 atom stereocenters. The number of fused-ring (bicyclic) bond motifs is 1. The topological polar surface area (TPSA) is 131 Å². The molecule has 0 saturated heterocycles. The van der Waals surface area contributed by atoms with Crippen molar-refractivity contribution in [2.45, 2.75) is 23.6 Å². The number of thiophene rings is 1. The highest BCUT2D eigenvalue weighted by molar-refractivity contribution is 7.89. The molecule has 40 heavy (non-hydrogen) atoms. The maximum atomic E-state index is 13.6. The number of nitrogens with zero attached hydrogens (tertiary/aromatic N) is 1. The fourth-order valence-electron chi connectivity index (χ4n) is 4.27. The van der Waals surface area contributed by atoms with Crippen LogP contribution in [0.4, 0.5) is 10.5 Å². The van der Waals surface area contributed by atoms with E-state index in [0.717, 1.165) is 4.31 Å². The number of carbonyl (C=O) groups excluding carboxylic acids is 1. The molecule has 10 nitrogen and oxygen atoms in total. The second kappa shape index (κ2) is 11.4. The van der Waals surface area contributed by atoms with Crippen LogP contribution in [0.15, 0.2) is 95.2 Å². The van der Waals surface area contributed by atoms with Crippen LogP contribution in [0, 0.1) is 0 Å². The summed E-state index contributed by atoms with van der Waals surface area (Å²) in [5, 5.41) is 14.4. The van der Waals surface area contributed by atoms with Crippen LogP contribution in [0.5, 0.6) is 17.2 Å². The highest BCUT2D eigenvalue weighted by atomic mass is 32.2. The van der Waals surface area contributed by atoms with Crippen LogP contribution in [-0.4, -0.2) is 43.0 Å². The van der Waals surface area contributed by atoms with Crippen LogP contribution < -0.4 is 14.8 Å². The molecular formula is C28H24N2O8S2. The number of carboxylic acids is 1. The van der Waals surface area contributed by atoms with E-state index in [1.54, 1.807) is 35.7 Å². The number of ether oxygens (including phenoxy) is 3. The predicted molar refractivity (Wildman–Crippen MR) is 147 cm³/mol. The van der Waals surface area contributed by atoms with Gasteiger partial charge >= 0.3 is 12.1 Å². The van der Waals surface area contributed by atoms with Crippen LogP contribution in [-0.2, 0) is 26.1 Å². The average Bonchev–Trinajstić information content (AvgIpc) is 3.43. The first-order valence-corrected chi connectivity index (χ1v) is 14.3. The summed E-state index contributed by atoms with van der Waals surface area (Å²) in [5.74, 6) is 0.202. The Morgan fingerprint density at radius 2 is 1.57 bits per heavy atom.